The first-order chi connectivity index (χ1) is 14.3. The Morgan fingerprint density at radius 3 is 2.27 bits per heavy atom. The number of hydrogen-bond donors (Lipinski definition) is 1. The lowest BCUT2D eigenvalue weighted by Crippen LogP contribution is -2.25. The SMILES string of the molecule is Cc1ccc(S(=O)(=O)CCC(=O)NCc2ccc(Cn3ccccc3=O)cc2)cc1. The van der Waals surface area contributed by atoms with E-state index >= 15 is 0 Å². The van der Waals surface area contributed by atoms with E-state index in [0.717, 1.165) is 16.7 Å². The molecule has 2 aromatic carbocycles. The maximum Gasteiger partial charge on any atom is 0.250 e. The van der Waals surface area contributed by atoms with Gasteiger partial charge in [-0.05, 0) is 36.2 Å². The van der Waals surface area contributed by atoms with Crippen molar-refractivity contribution in [2.75, 3.05) is 5.75 Å². The van der Waals surface area contributed by atoms with Gasteiger partial charge in [-0.25, -0.2) is 8.42 Å². The van der Waals surface area contributed by atoms with Gasteiger partial charge in [-0.2, -0.15) is 0 Å². The van der Waals surface area contributed by atoms with Crippen LogP contribution >= 0.6 is 0 Å². The van der Waals surface area contributed by atoms with Crippen molar-refractivity contribution in [1.29, 1.82) is 0 Å². The van der Waals surface area contributed by atoms with Crippen molar-refractivity contribution in [2.24, 2.45) is 0 Å². The molecule has 1 aromatic heterocycles. The van der Waals surface area contributed by atoms with Gasteiger partial charge in [-0.1, -0.05) is 48.0 Å². The van der Waals surface area contributed by atoms with Crippen molar-refractivity contribution >= 4 is 15.7 Å². The van der Waals surface area contributed by atoms with Crippen LogP contribution in [0.5, 0.6) is 0 Å². The molecule has 0 radical (unpaired) electrons. The van der Waals surface area contributed by atoms with Crippen molar-refractivity contribution < 1.29 is 13.2 Å². The minimum absolute atomic E-state index is 0.0607. The molecular weight excluding hydrogens is 400 g/mol. The molecule has 0 unspecified atom stereocenters. The van der Waals surface area contributed by atoms with E-state index in [-0.39, 0.29) is 28.5 Å². The Balaban J connectivity index is 1.49. The van der Waals surface area contributed by atoms with E-state index in [1.54, 1.807) is 41.1 Å². The van der Waals surface area contributed by atoms with E-state index in [4.69, 9.17) is 0 Å². The van der Waals surface area contributed by atoms with E-state index in [2.05, 4.69) is 5.32 Å². The molecule has 30 heavy (non-hydrogen) atoms. The highest BCUT2D eigenvalue weighted by molar-refractivity contribution is 7.91. The number of aromatic nitrogens is 1. The highest BCUT2D eigenvalue weighted by Gasteiger charge is 2.16. The van der Waals surface area contributed by atoms with E-state index in [1.165, 1.54) is 6.07 Å². The fourth-order valence-electron chi connectivity index (χ4n) is 2.93. The Morgan fingerprint density at radius 1 is 0.933 bits per heavy atom. The number of carbonyl (C=O) groups excluding carboxylic acids is 1. The number of aryl methyl sites for hydroxylation is 1. The van der Waals surface area contributed by atoms with E-state index in [1.807, 2.05) is 37.3 Å². The average molecular weight is 425 g/mol. The van der Waals surface area contributed by atoms with Gasteiger partial charge in [0.1, 0.15) is 0 Å². The summed E-state index contributed by atoms with van der Waals surface area (Å²) in [5.41, 5.74) is 2.79. The lowest BCUT2D eigenvalue weighted by molar-refractivity contribution is -0.120. The van der Waals surface area contributed by atoms with E-state index in [0.29, 0.717) is 13.1 Å². The monoisotopic (exact) mass is 424 g/mol. The number of amides is 1. The van der Waals surface area contributed by atoms with Gasteiger partial charge < -0.3 is 9.88 Å². The summed E-state index contributed by atoms with van der Waals surface area (Å²) < 4.78 is 26.3. The van der Waals surface area contributed by atoms with Crippen LogP contribution in [0.25, 0.3) is 0 Å². The minimum Gasteiger partial charge on any atom is -0.352 e. The molecule has 0 atom stereocenters. The summed E-state index contributed by atoms with van der Waals surface area (Å²) in [6.07, 6.45) is 1.65. The first-order valence-corrected chi connectivity index (χ1v) is 11.3. The summed E-state index contributed by atoms with van der Waals surface area (Å²) in [5.74, 6) is -0.544. The first kappa shape index (κ1) is 21.5. The Labute approximate surface area is 176 Å². The van der Waals surface area contributed by atoms with Gasteiger partial charge in [-0.15, -0.1) is 0 Å². The molecule has 1 N–H and O–H groups in total. The number of hydrogen-bond acceptors (Lipinski definition) is 4. The third-order valence-corrected chi connectivity index (χ3v) is 6.47. The summed E-state index contributed by atoms with van der Waals surface area (Å²) in [6, 6.07) is 19.2. The van der Waals surface area contributed by atoms with Gasteiger partial charge in [0.2, 0.25) is 5.91 Å². The van der Waals surface area contributed by atoms with Gasteiger partial charge >= 0.3 is 0 Å². The molecule has 3 aromatic rings. The van der Waals surface area contributed by atoms with Crippen LogP contribution in [0, 0.1) is 6.92 Å². The van der Waals surface area contributed by atoms with Crippen molar-refractivity contribution in [2.45, 2.75) is 31.3 Å². The third-order valence-electron chi connectivity index (χ3n) is 4.74. The van der Waals surface area contributed by atoms with Crippen LogP contribution in [0.15, 0.2) is 82.6 Å². The molecule has 0 saturated carbocycles. The fourth-order valence-corrected chi connectivity index (χ4v) is 4.17. The molecule has 0 aliphatic carbocycles. The highest BCUT2D eigenvalue weighted by atomic mass is 32.2. The topological polar surface area (TPSA) is 85.2 Å². The summed E-state index contributed by atoms with van der Waals surface area (Å²) in [7, 11) is -3.48. The van der Waals surface area contributed by atoms with Gasteiger partial charge in [0.15, 0.2) is 9.84 Å². The zero-order chi connectivity index (χ0) is 21.6. The molecule has 0 spiro atoms. The van der Waals surface area contributed by atoms with Crippen molar-refractivity contribution in [3.8, 4) is 0 Å². The van der Waals surface area contributed by atoms with Gasteiger partial charge in [0.05, 0.1) is 17.2 Å². The summed E-state index contributed by atoms with van der Waals surface area (Å²) in [6.45, 7) is 2.68. The van der Waals surface area contributed by atoms with Crippen LogP contribution in [0.1, 0.15) is 23.1 Å². The zero-order valence-electron chi connectivity index (χ0n) is 16.7. The summed E-state index contributed by atoms with van der Waals surface area (Å²) >= 11 is 0. The van der Waals surface area contributed by atoms with Crippen LogP contribution < -0.4 is 10.9 Å². The minimum atomic E-state index is -3.48. The van der Waals surface area contributed by atoms with Crippen LogP contribution in [0.3, 0.4) is 0 Å². The number of sulfone groups is 1. The number of pyridine rings is 1. The Morgan fingerprint density at radius 2 is 1.60 bits per heavy atom. The van der Waals surface area contributed by atoms with Crippen LogP contribution in [-0.2, 0) is 27.7 Å². The molecule has 1 amide bonds. The molecule has 0 saturated heterocycles. The first-order valence-electron chi connectivity index (χ1n) is 9.63. The Kier molecular flexibility index (Phi) is 6.84. The second-order valence-corrected chi connectivity index (χ2v) is 9.25. The maximum absolute atomic E-state index is 12.3. The standard InChI is InChI=1S/C23H24N2O4S/c1-18-5-11-21(12-6-18)30(28,29)15-13-22(26)24-16-19-7-9-20(10-8-19)17-25-14-3-2-4-23(25)27/h2-12,14H,13,15-17H2,1H3,(H,24,26). The highest BCUT2D eigenvalue weighted by Crippen LogP contribution is 2.13. The summed E-state index contributed by atoms with van der Waals surface area (Å²) in [4.78, 5) is 24.1. The number of benzene rings is 2. The van der Waals surface area contributed by atoms with Gasteiger partial charge in [0, 0.05) is 25.2 Å². The fraction of sp³-hybridized carbons (Fsp3) is 0.217. The molecule has 156 valence electrons. The number of carbonyl (C=O) groups is 1. The molecule has 6 nitrogen and oxygen atoms in total. The molecule has 1 heterocycles. The normalized spacial score (nSPS) is 11.2. The molecule has 0 fully saturated rings. The van der Waals surface area contributed by atoms with Crippen molar-refractivity contribution in [1.82, 2.24) is 9.88 Å². The smallest absolute Gasteiger partial charge is 0.250 e. The van der Waals surface area contributed by atoms with Gasteiger partial charge in [-0.3, -0.25) is 9.59 Å². The molecule has 0 aliphatic heterocycles. The van der Waals surface area contributed by atoms with Crippen molar-refractivity contribution in [3.63, 3.8) is 0 Å². The Bertz CT molecular complexity index is 1160. The molecular formula is C23H24N2O4S. The van der Waals surface area contributed by atoms with E-state index in [9.17, 15) is 18.0 Å². The predicted molar refractivity (Wildman–Crippen MR) is 116 cm³/mol. The molecule has 0 aliphatic rings. The largest absolute Gasteiger partial charge is 0.352 e. The number of rotatable bonds is 8. The van der Waals surface area contributed by atoms with Crippen molar-refractivity contribution in [3.05, 3.63) is 100.0 Å². The second-order valence-electron chi connectivity index (χ2n) is 7.14. The van der Waals surface area contributed by atoms with Gasteiger partial charge in [0.25, 0.3) is 5.56 Å². The molecule has 7 heteroatoms. The lowest BCUT2D eigenvalue weighted by atomic mass is 10.1. The number of nitrogens with zero attached hydrogens (tertiary/aromatic N) is 1. The van der Waals surface area contributed by atoms with Crippen LogP contribution in [-0.4, -0.2) is 24.6 Å². The number of nitrogens with one attached hydrogen (secondary N) is 1. The average Bonchev–Trinajstić information content (AvgIpc) is 2.74. The molecule has 3 rings (SSSR count). The Hall–Kier alpha value is -3.19. The zero-order valence-corrected chi connectivity index (χ0v) is 17.6. The third kappa shape index (κ3) is 5.90. The quantitative estimate of drug-likeness (QED) is 0.603. The predicted octanol–water partition coefficient (Wildman–Crippen LogP) is 2.69. The van der Waals surface area contributed by atoms with E-state index < -0.39 is 9.84 Å². The summed E-state index contributed by atoms with van der Waals surface area (Å²) in [5, 5.41) is 2.75. The van der Waals surface area contributed by atoms with Crippen LogP contribution in [0.4, 0.5) is 0 Å². The molecule has 0 bridgehead atoms. The second kappa shape index (κ2) is 9.54. The van der Waals surface area contributed by atoms with Crippen LogP contribution in [0.2, 0.25) is 0 Å². The lowest BCUT2D eigenvalue weighted by Gasteiger charge is -2.09. The maximum atomic E-state index is 12.3.